The maximum atomic E-state index is 15.4. The van der Waals surface area contributed by atoms with Gasteiger partial charge in [-0.3, -0.25) is 9.59 Å². The Labute approximate surface area is 210 Å². The van der Waals surface area contributed by atoms with Crippen LogP contribution in [-0.4, -0.2) is 41.3 Å². The molecule has 3 aromatic rings. The van der Waals surface area contributed by atoms with Gasteiger partial charge in [0.25, 0.3) is 5.56 Å². The number of rotatable bonds is 10. The molecule has 190 valence electrons. The van der Waals surface area contributed by atoms with Crippen molar-refractivity contribution in [2.75, 3.05) is 13.2 Å². The lowest BCUT2D eigenvalue weighted by molar-refractivity contribution is -0.123. The van der Waals surface area contributed by atoms with Crippen LogP contribution in [0, 0.1) is 0 Å². The Balaban J connectivity index is 1.65. The van der Waals surface area contributed by atoms with Crippen molar-refractivity contribution >= 4 is 23.6 Å². The molecule has 0 saturated heterocycles. The highest BCUT2D eigenvalue weighted by Crippen LogP contribution is 2.43. The molecule has 3 rings (SSSR count). The van der Waals surface area contributed by atoms with Crippen LogP contribution in [0.4, 0.5) is 13.6 Å². The van der Waals surface area contributed by atoms with E-state index in [4.69, 9.17) is 16.3 Å². The number of pyridine rings is 1. The molecule has 2 aromatic carbocycles. The van der Waals surface area contributed by atoms with E-state index in [0.717, 1.165) is 6.07 Å². The average molecular weight is 520 g/mol. The second kappa shape index (κ2) is 12.3. The summed E-state index contributed by atoms with van der Waals surface area (Å²) >= 11 is 5.87. The summed E-state index contributed by atoms with van der Waals surface area (Å²) in [6.45, 7) is -1.07. The monoisotopic (exact) mass is 519 g/mol. The van der Waals surface area contributed by atoms with Gasteiger partial charge in [-0.15, -0.1) is 0 Å². The van der Waals surface area contributed by atoms with Crippen LogP contribution in [0.25, 0.3) is 0 Å². The van der Waals surface area contributed by atoms with Crippen LogP contribution in [0.3, 0.4) is 0 Å². The lowest BCUT2D eigenvalue weighted by Crippen LogP contribution is -2.45. The Morgan fingerprint density at radius 2 is 1.83 bits per heavy atom. The van der Waals surface area contributed by atoms with E-state index in [1.54, 1.807) is 18.2 Å². The molecule has 0 spiro atoms. The summed E-state index contributed by atoms with van der Waals surface area (Å²) in [5.41, 5.74) is -0.427. The summed E-state index contributed by atoms with van der Waals surface area (Å²) in [6.07, 6.45) is -1.76. The summed E-state index contributed by atoms with van der Waals surface area (Å²) in [5.74, 6) is -4.35. The molecule has 0 radical (unpaired) electrons. The van der Waals surface area contributed by atoms with E-state index in [0.29, 0.717) is 5.56 Å². The van der Waals surface area contributed by atoms with Gasteiger partial charge in [0.05, 0.1) is 12.6 Å². The molecule has 2 amide bonds. The minimum absolute atomic E-state index is 0.0375. The molecule has 1 heterocycles. The van der Waals surface area contributed by atoms with Crippen molar-refractivity contribution in [2.24, 2.45) is 0 Å². The Bertz CT molecular complexity index is 1240. The van der Waals surface area contributed by atoms with Gasteiger partial charge in [-0.05, 0) is 23.8 Å². The molecule has 8 nitrogen and oxygen atoms in total. The maximum Gasteiger partial charge on any atom is 0.408 e. The number of nitrogens with one attached hydrogen (secondary N) is 3. The number of aromatic nitrogens is 1. The Kier molecular flexibility index (Phi) is 9.15. The van der Waals surface area contributed by atoms with E-state index in [2.05, 4.69) is 15.6 Å². The van der Waals surface area contributed by atoms with Gasteiger partial charge in [0.1, 0.15) is 6.54 Å². The van der Waals surface area contributed by atoms with Crippen LogP contribution >= 0.6 is 11.6 Å². The van der Waals surface area contributed by atoms with Crippen molar-refractivity contribution < 1.29 is 28.2 Å². The second-order valence-corrected chi connectivity index (χ2v) is 8.29. The van der Waals surface area contributed by atoms with Gasteiger partial charge in [-0.25, -0.2) is 4.79 Å². The molecule has 0 aliphatic carbocycles. The first-order valence-electron chi connectivity index (χ1n) is 10.9. The predicted molar refractivity (Wildman–Crippen MR) is 129 cm³/mol. The summed E-state index contributed by atoms with van der Waals surface area (Å²) in [6, 6.07) is 14.9. The number of alkyl carbamates (subject to hydrolysis) is 1. The number of ether oxygens (including phenoxy) is 1. The minimum Gasteiger partial charge on any atom is -0.434 e. The van der Waals surface area contributed by atoms with Gasteiger partial charge in [0.2, 0.25) is 5.91 Å². The number of aliphatic hydroxyl groups excluding tert-OH is 1. The molecule has 1 aromatic heterocycles. The maximum absolute atomic E-state index is 15.4. The molecular weight excluding hydrogens is 496 g/mol. The Morgan fingerprint density at radius 1 is 1.08 bits per heavy atom. The molecule has 11 heteroatoms. The number of hydrogen-bond donors (Lipinski definition) is 4. The quantitative estimate of drug-likeness (QED) is 0.327. The van der Waals surface area contributed by atoms with Gasteiger partial charge in [0.15, 0.2) is 6.10 Å². The summed E-state index contributed by atoms with van der Waals surface area (Å²) in [4.78, 5) is 39.0. The minimum atomic E-state index is -3.64. The number of hydrogen-bond acceptors (Lipinski definition) is 5. The lowest BCUT2D eigenvalue weighted by Gasteiger charge is -2.27. The van der Waals surface area contributed by atoms with Gasteiger partial charge < -0.3 is 25.5 Å². The normalized spacial score (nSPS) is 12.9. The van der Waals surface area contributed by atoms with E-state index in [-0.39, 0.29) is 22.6 Å². The van der Waals surface area contributed by atoms with Crippen LogP contribution in [0.1, 0.15) is 22.8 Å². The van der Waals surface area contributed by atoms with E-state index in [9.17, 15) is 19.5 Å². The zero-order chi connectivity index (χ0) is 26.1. The van der Waals surface area contributed by atoms with Crippen molar-refractivity contribution in [2.45, 2.75) is 24.5 Å². The highest BCUT2D eigenvalue weighted by molar-refractivity contribution is 6.30. The van der Waals surface area contributed by atoms with Crippen LogP contribution < -0.4 is 16.2 Å². The number of aliphatic hydroxyl groups is 1. The van der Waals surface area contributed by atoms with Crippen LogP contribution in [0.5, 0.6) is 0 Å². The molecule has 36 heavy (non-hydrogen) atoms. The fourth-order valence-corrected chi connectivity index (χ4v) is 3.64. The lowest BCUT2D eigenvalue weighted by atomic mass is 9.97. The Hall–Kier alpha value is -3.76. The molecule has 0 aliphatic rings. The number of amides is 2. The van der Waals surface area contributed by atoms with Crippen molar-refractivity contribution in [3.63, 3.8) is 0 Å². The fourth-order valence-electron chi connectivity index (χ4n) is 3.45. The zero-order valence-corrected chi connectivity index (χ0v) is 19.7. The van der Waals surface area contributed by atoms with E-state index in [1.807, 2.05) is 0 Å². The number of halogens is 3. The highest BCUT2D eigenvalue weighted by atomic mass is 35.5. The van der Waals surface area contributed by atoms with Crippen molar-refractivity contribution in [3.8, 4) is 0 Å². The largest absolute Gasteiger partial charge is 0.434 e. The second-order valence-electron chi connectivity index (χ2n) is 7.86. The first-order valence-corrected chi connectivity index (χ1v) is 11.3. The summed E-state index contributed by atoms with van der Waals surface area (Å²) < 4.78 is 35.9. The van der Waals surface area contributed by atoms with Crippen molar-refractivity contribution in [3.05, 3.63) is 105 Å². The first-order chi connectivity index (χ1) is 17.2. The third kappa shape index (κ3) is 7.12. The Morgan fingerprint density at radius 3 is 2.50 bits per heavy atom. The molecule has 4 N–H and O–H groups in total. The molecule has 2 unspecified atom stereocenters. The summed E-state index contributed by atoms with van der Waals surface area (Å²) in [7, 11) is 0. The highest BCUT2D eigenvalue weighted by Gasteiger charge is 2.45. The number of alkyl halides is 2. The number of carbonyl (C=O) groups is 2. The zero-order valence-electron chi connectivity index (χ0n) is 18.9. The molecular formula is C25H24ClF2N3O5. The van der Waals surface area contributed by atoms with Crippen molar-refractivity contribution in [1.82, 2.24) is 15.6 Å². The topological polar surface area (TPSA) is 121 Å². The predicted octanol–water partition coefficient (Wildman–Crippen LogP) is 3.31. The standard InChI is InChI=1S/C25H24ClF2N3O5/c26-19-10-4-9-18(13-19)25(27,28)22(16-6-2-1-3-7-16)36-24(35)30-14-21(33)31-20(15-32)12-17-8-5-11-29-23(17)34/h1-11,13,20,22,32H,12,14-15H2,(H,29,34)(H,30,35)(H,31,33). The van der Waals surface area contributed by atoms with E-state index in [1.165, 1.54) is 48.7 Å². The van der Waals surface area contributed by atoms with Crippen LogP contribution in [0.2, 0.25) is 5.02 Å². The number of aromatic amines is 1. The van der Waals surface area contributed by atoms with Crippen molar-refractivity contribution in [1.29, 1.82) is 0 Å². The number of carbonyl (C=O) groups excluding carboxylic acids is 2. The first kappa shape index (κ1) is 26.8. The van der Waals surface area contributed by atoms with Crippen LogP contribution in [-0.2, 0) is 21.9 Å². The van der Waals surface area contributed by atoms with Gasteiger partial charge in [0, 0.05) is 28.8 Å². The van der Waals surface area contributed by atoms with Gasteiger partial charge >= 0.3 is 12.0 Å². The molecule has 0 saturated carbocycles. The third-order valence-electron chi connectivity index (χ3n) is 5.21. The summed E-state index contributed by atoms with van der Waals surface area (Å²) in [5, 5.41) is 14.2. The SMILES string of the molecule is O=C(CNC(=O)OC(c1ccccc1)C(F)(F)c1cccc(Cl)c1)NC(CO)Cc1ccc[nH]c1=O. The molecule has 0 fully saturated rings. The fraction of sp³-hybridized carbons (Fsp3) is 0.240. The van der Waals surface area contributed by atoms with Gasteiger partial charge in [-0.2, -0.15) is 8.78 Å². The molecule has 0 bridgehead atoms. The molecule has 0 aliphatic heterocycles. The number of H-pyrrole nitrogens is 1. The third-order valence-corrected chi connectivity index (χ3v) is 5.45. The average Bonchev–Trinajstić information content (AvgIpc) is 2.87. The molecule has 2 atom stereocenters. The van der Waals surface area contributed by atoms with Crippen LogP contribution in [0.15, 0.2) is 77.7 Å². The number of benzene rings is 2. The van der Waals surface area contributed by atoms with E-state index >= 15 is 8.78 Å². The van der Waals surface area contributed by atoms with E-state index < -0.39 is 48.8 Å². The smallest absolute Gasteiger partial charge is 0.408 e. The van der Waals surface area contributed by atoms with Gasteiger partial charge in [-0.1, -0.05) is 60.1 Å².